The van der Waals surface area contributed by atoms with Crippen molar-refractivity contribution in [2.75, 3.05) is 18.5 Å². The minimum Gasteiger partial charge on any atom is -0.489 e. The number of rotatable bonds is 8. The number of nitrogens with zero attached hydrogens (tertiary/aromatic N) is 1. The van der Waals surface area contributed by atoms with E-state index in [1.54, 1.807) is 31.2 Å². The van der Waals surface area contributed by atoms with Gasteiger partial charge in [-0.2, -0.15) is 5.26 Å². The first-order valence-corrected chi connectivity index (χ1v) is 9.40. The molecule has 0 spiro atoms. The molecule has 2 aromatic carbocycles. The summed E-state index contributed by atoms with van der Waals surface area (Å²) in [4.78, 5) is 12.3. The van der Waals surface area contributed by atoms with Gasteiger partial charge in [-0.15, -0.1) is 0 Å². The van der Waals surface area contributed by atoms with E-state index in [2.05, 4.69) is 11.4 Å². The number of carbonyl (C=O) groups is 1. The first-order valence-electron chi connectivity index (χ1n) is 9.40. The quantitative estimate of drug-likeness (QED) is 0.756. The molecule has 0 bridgehead atoms. The summed E-state index contributed by atoms with van der Waals surface area (Å²) in [5.74, 6) is 0.421. The minimum atomic E-state index is -0.567. The number of anilines is 1. The Kier molecular flexibility index (Phi) is 7.01. The Balaban J connectivity index is 1.50. The number of benzene rings is 2. The van der Waals surface area contributed by atoms with Gasteiger partial charge in [-0.3, -0.25) is 4.79 Å². The molecule has 1 aliphatic rings. The molecule has 0 aliphatic carbocycles. The number of carbonyl (C=O) groups excluding carboxylic acids is 1. The van der Waals surface area contributed by atoms with Crippen LogP contribution in [0, 0.1) is 11.3 Å². The SMILES string of the molecule is CC(OCC1CCCO1)C(=O)Nc1cccc(OCc2cccc(C#N)c2)c1. The molecule has 146 valence electrons. The summed E-state index contributed by atoms with van der Waals surface area (Å²) in [6.45, 7) is 3.27. The van der Waals surface area contributed by atoms with Crippen molar-refractivity contribution >= 4 is 11.6 Å². The fraction of sp³-hybridized carbons (Fsp3) is 0.364. The molecule has 1 saturated heterocycles. The van der Waals surface area contributed by atoms with Gasteiger partial charge < -0.3 is 19.5 Å². The third-order valence-electron chi connectivity index (χ3n) is 4.49. The maximum atomic E-state index is 12.3. The highest BCUT2D eigenvalue weighted by atomic mass is 16.5. The molecule has 28 heavy (non-hydrogen) atoms. The van der Waals surface area contributed by atoms with Crippen LogP contribution in [-0.2, 0) is 20.9 Å². The fourth-order valence-corrected chi connectivity index (χ4v) is 2.91. The fourth-order valence-electron chi connectivity index (χ4n) is 2.91. The molecule has 0 aromatic heterocycles. The minimum absolute atomic E-state index is 0.0894. The molecule has 1 fully saturated rings. The monoisotopic (exact) mass is 380 g/mol. The topological polar surface area (TPSA) is 80.6 Å². The summed E-state index contributed by atoms with van der Waals surface area (Å²) in [6, 6.07) is 16.6. The second-order valence-electron chi connectivity index (χ2n) is 6.73. The van der Waals surface area contributed by atoms with Crippen molar-refractivity contribution < 1.29 is 19.0 Å². The van der Waals surface area contributed by atoms with Crippen molar-refractivity contribution in [1.82, 2.24) is 0 Å². The Morgan fingerprint density at radius 1 is 1.32 bits per heavy atom. The van der Waals surface area contributed by atoms with Crippen LogP contribution in [-0.4, -0.2) is 31.3 Å². The van der Waals surface area contributed by atoms with Crippen molar-refractivity contribution in [3.63, 3.8) is 0 Å². The van der Waals surface area contributed by atoms with Gasteiger partial charge in [-0.25, -0.2) is 0 Å². The molecule has 6 nitrogen and oxygen atoms in total. The number of hydrogen-bond donors (Lipinski definition) is 1. The predicted octanol–water partition coefficient (Wildman–Crippen LogP) is 3.66. The average molecular weight is 380 g/mol. The van der Waals surface area contributed by atoms with E-state index in [-0.39, 0.29) is 12.0 Å². The Morgan fingerprint density at radius 3 is 2.96 bits per heavy atom. The lowest BCUT2D eigenvalue weighted by Gasteiger charge is -2.16. The van der Waals surface area contributed by atoms with Crippen LogP contribution in [0.25, 0.3) is 0 Å². The molecule has 0 saturated carbocycles. The normalized spacial score (nSPS) is 16.9. The maximum absolute atomic E-state index is 12.3. The Morgan fingerprint density at radius 2 is 2.18 bits per heavy atom. The molecular weight excluding hydrogens is 356 g/mol. The number of hydrogen-bond acceptors (Lipinski definition) is 5. The van der Waals surface area contributed by atoms with E-state index >= 15 is 0 Å². The van der Waals surface area contributed by atoms with Gasteiger partial charge in [0.2, 0.25) is 0 Å². The average Bonchev–Trinajstić information content (AvgIpc) is 3.24. The van der Waals surface area contributed by atoms with E-state index in [0.717, 1.165) is 25.0 Å². The van der Waals surface area contributed by atoms with Gasteiger partial charge in [0.25, 0.3) is 5.91 Å². The van der Waals surface area contributed by atoms with Gasteiger partial charge in [-0.05, 0) is 49.6 Å². The van der Waals surface area contributed by atoms with Crippen LogP contribution in [0.1, 0.15) is 30.9 Å². The van der Waals surface area contributed by atoms with Crippen LogP contribution in [0.15, 0.2) is 48.5 Å². The van der Waals surface area contributed by atoms with E-state index in [1.165, 1.54) is 0 Å². The van der Waals surface area contributed by atoms with Gasteiger partial charge in [0, 0.05) is 18.4 Å². The Hall–Kier alpha value is -2.88. The molecule has 3 rings (SSSR count). The van der Waals surface area contributed by atoms with Crippen molar-refractivity contribution in [3.05, 3.63) is 59.7 Å². The maximum Gasteiger partial charge on any atom is 0.253 e. The highest BCUT2D eigenvalue weighted by Gasteiger charge is 2.20. The van der Waals surface area contributed by atoms with Crippen molar-refractivity contribution in [1.29, 1.82) is 5.26 Å². The van der Waals surface area contributed by atoms with E-state index in [0.29, 0.717) is 30.2 Å². The number of amides is 1. The van der Waals surface area contributed by atoms with Gasteiger partial charge in [0.1, 0.15) is 18.5 Å². The Labute approximate surface area is 165 Å². The van der Waals surface area contributed by atoms with E-state index in [1.807, 2.05) is 24.3 Å². The standard InChI is InChI=1S/C22H24N2O4/c1-16(27-15-21-9-4-10-26-21)22(25)24-19-7-3-8-20(12-19)28-14-18-6-2-5-17(11-18)13-23/h2-3,5-8,11-12,16,21H,4,9-10,14-15H2,1H3,(H,24,25). The molecule has 2 atom stereocenters. The summed E-state index contributed by atoms with van der Waals surface area (Å²) in [5.41, 5.74) is 2.14. The van der Waals surface area contributed by atoms with Crippen LogP contribution in [0.4, 0.5) is 5.69 Å². The molecule has 1 amide bonds. The zero-order valence-corrected chi connectivity index (χ0v) is 15.9. The van der Waals surface area contributed by atoms with Gasteiger partial charge in [0.15, 0.2) is 0 Å². The first kappa shape index (κ1) is 19.9. The van der Waals surface area contributed by atoms with Crippen molar-refractivity contribution in [3.8, 4) is 11.8 Å². The molecule has 6 heteroatoms. The number of nitrogens with one attached hydrogen (secondary N) is 1. The van der Waals surface area contributed by atoms with Crippen LogP contribution in [0.3, 0.4) is 0 Å². The lowest BCUT2D eigenvalue weighted by molar-refractivity contribution is -0.128. The van der Waals surface area contributed by atoms with Gasteiger partial charge in [0.05, 0.1) is 24.3 Å². The van der Waals surface area contributed by atoms with Crippen molar-refractivity contribution in [2.45, 2.75) is 38.6 Å². The largest absolute Gasteiger partial charge is 0.489 e. The van der Waals surface area contributed by atoms with Crippen LogP contribution in [0.5, 0.6) is 5.75 Å². The molecule has 0 radical (unpaired) electrons. The van der Waals surface area contributed by atoms with Gasteiger partial charge in [-0.1, -0.05) is 18.2 Å². The highest BCUT2D eigenvalue weighted by molar-refractivity contribution is 5.94. The van der Waals surface area contributed by atoms with E-state index in [9.17, 15) is 4.79 Å². The lowest BCUT2D eigenvalue weighted by Crippen LogP contribution is -2.30. The van der Waals surface area contributed by atoms with E-state index in [4.69, 9.17) is 19.5 Å². The zero-order valence-electron chi connectivity index (χ0n) is 15.9. The van der Waals surface area contributed by atoms with Crippen molar-refractivity contribution in [2.24, 2.45) is 0 Å². The second kappa shape index (κ2) is 9.88. The predicted molar refractivity (Wildman–Crippen MR) is 105 cm³/mol. The summed E-state index contributed by atoms with van der Waals surface area (Å²) < 4.78 is 16.9. The van der Waals surface area contributed by atoms with Crippen LogP contribution < -0.4 is 10.1 Å². The molecule has 1 heterocycles. The third kappa shape index (κ3) is 5.81. The van der Waals surface area contributed by atoms with Gasteiger partial charge >= 0.3 is 0 Å². The highest BCUT2D eigenvalue weighted by Crippen LogP contribution is 2.20. The first-order chi connectivity index (χ1) is 13.6. The molecular formula is C22H24N2O4. The third-order valence-corrected chi connectivity index (χ3v) is 4.49. The number of ether oxygens (including phenoxy) is 3. The lowest BCUT2D eigenvalue weighted by atomic mass is 10.1. The molecule has 1 aliphatic heterocycles. The summed E-state index contributed by atoms with van der Waals surface area (Å²) >= 11 is 0. The smallest absolute Gasteiger partial charge is 0.253 e. The zero-order chi connectivity index (χ0) is 19.8. The summed E-state index contributed by atoms with van der Waals surface area (Å²) in [7, 11) is 0. The number of nitriles is 1. The second-order valence-corrected chi connectivity index (χ2v) is 6.73. The molecule has 1 N–H and O–H groups in total. The van der Waals surface area contributed by atoms with Crippen LogP contribution in [0.2, 0.25) is 0 Å². The molecule has 2 aromatic rings. The Bertz CT molecular complexity index is 840. The summed E-state index contributed by atoms with van der Waals surface area (Å²) in [5, 5.41) is 11.8. The van der Waals surface area contributed by atoms with Crippen LogP contribution >= 0.6 is 0 Å². The van der Waals surface area contributed by atoms with E-state index < -0.39 is 6.10 Å². The summed E-state index contributed by atoms with van der Waals surface area (Å²) in [6.07, 6.45) is 1.54. The molecule has 2 unspecified atom stereocenters.